The third-order valence-corrected chi connectivity index (χ3v) is 0.365. The molecular weight excluding hydrogens is 203 g/mol. The standard InChI is InChI=1S/C4H6O2.2O.Zr/c1-3(2)4(5)6;;;/h1H2,2H3,(H,5,6);;;/q;2*-2;+4. The molecule has 0 aliphatic carbocycles. The Morgan fingerprint density at radius 3 is 1.56 bits per heavy atom. The first-order chi connectivity index (χ1) is 2.64. The van der Waals surface area contributed by atoms with Crippen LogP contribution in [-0.2, 0) is 42.0 Å². The van der Waals surface area contributed by atoms with Crippen LogP contribution in [0.1, 0.15) is 6.92 Å². The molecule has 0 saturated heterocycles. The molecule has 4 nitrogen and oxygen atoms in total. The van der Waals surface area contributed by atoms with Crippen molar-refractivity contribution in [2.45, 2.75) is 6.92 Å². The molecule has 5 heteroatoms. The van der Waals surface area contributed by atoms with E-state index >= 15 is 0 Å². The third-order valence-electron chi connectivity index (χ3n) is 0.365. The molecule has 0 aliphatic heterocycles. The van der Waals surface area contributed by atoms with Crippen LogP contribution in [0, 0.1) is 0 Å². The van der Waals surface area contributed by atoms with Gasteiger partial charge in [-0.2, -0.15) is 0 Å². The molecule has 0 unspecified atom stereocenters. The van der Waals surface area contributed by atoms with Crippen LogP contribution in [0.4, 0.5) is 0 Å². The number of carboxylic acid groups (broad SMARTS) is 1. The van der Waals surface area contributed by atoms with Crippen LogP contribution >= 0.6 is 0 Å². The summed E-state index contributed by atoms with van der Waals surface area (Å²) in [5.41, 5.74) is 0.176. The Bertz CT molecular complexity index is 78.6. The molecule has 0 aromatic heterocycles. The van der Waals surface area contributed by atoms with Gasteiger partial charge in [0.15, 0.2) is 0 Å². The van der Waals surface area contributed by atoms with Crippen molar-refractivity contribution in [3.63, 3.8) is 0 Å². The van der Waals surface area contributed by atoms with E-state index in [1.54, 1.807) is 0 Å². The van der Waals surface area contributed by atoms with Gasteiger partial charge in [0.2, 0.25) is 0 Å². The quantitative estimate of drug-likeness (QED) is 0.633. The second-order valence-electron chi connectivity index (χ2n) is 1.09. The Kier molecular flexibility index (Phi) is 27.9. The van der Waals surface area contributed by atoms with E-state index in [9.17, 15) is 4.79 Å². The second kappa shape index (κ2) is 10.9. The van der Waals surface area contributed by atoms with Gasteiger partial charge in [-0.15, -0.1) is 0 Å². The number of hydrogen-bond acceptors (Lipinski definition) is 1. The largest absolute Gasteiger partial charge is 4.00 e. The fourth-order valence-corrected chi connectivity index (χ4v) is 0. The van der Waals surface area contributed by atoms with Crippen molar-refractivity contribution < 1.29 is 47.1 Å². The zero-order valence-electron chi connectivity index (χ0n) is 4.88. The van der Waals surface area contributed by atoms with Gasteiger partial charge < -0.3 is 16.1 Å². The van der Waals surface area contributed by atoms with E-state index in [4.69, 9.17) is 5.11 Å². The van der Waals surface area contributed by atoms with E-state index in [2.05, 4.69) is 6.58 Å². The summed E-state index contributed by atoms with van der Waals surface area (Å²) in [5.74, 6) is -0.935. The minimum absolute atomic E-state index is 0. The molecule has 0 rings (SSSR count). The Balaban J connectivity index is -0.0000000417. The summed E-state index contributed by atoms with van der Waals surface area (Å²) >= 11 is 0. The minimum atomic E-state index is -0.935. The van der Waals surface area contributed by atoms with Crippen LogP contribution in [0.2, 0.25) is 0 Å². The summed E-state index contributed by atoms with van der Waals surface area (Å²) in [4.78, 5) is 9.60. The van der Waals surface area contributed by atoms with E-state index in [0.29, 0.717) is 0 Å². The fraction of sp³-hybridized carbons (Fsp3) is 0.250. The van der Waals surface area contributed by atoms with Crippen molar-refractivity contribution in [1.82, 2.24) is 0 Å². The van der Waals surface area contributed by atoms with Gasteiger partial charge >= 0.3 is 32.2 Å². The molecule has 0 amide bonds. The third kappa shape index (κ3) is 18.0. The zero-order chi connectivity index (χ0) is 5.15. The first kappa shape index (κ1) is 23.0. The van der Waals surface area contributed by atoms with Crippen LogP contribution in [0.15, 0.2) is 12.2 Å². The topological polar surface area (TPSA) is 94.3 Å². The van der Waals surface area contributed by atoms with Crippen LogP contribution in [-0.4, -0.2) is 11.1 Å². The molecular formula is C4H6O4Zr. The number of carboxylic acids is 1. The molecule has 0 heterocycles. The van der Waals surface area contributed by atoms with Crippen molar-refractivity contribution in [2.24, 2.45) is 0 Å². The summed E-state index contributed by atoms with van der Waals surface area (Å²) in [5, 5.41) is 7.89. The zero-order valence-corrected chi connectivity index (χ0v) is 7.34. The first-order valence-electron chi connectivity index (χ1n) is 1.53. The van der Waals surface area contributed by atoms with Gasteiger partial charge in [0.25, 0.3) is 0 Å². The number of hydrogen-bond donors (Lipinski definition) is 1. The van der Waals surface area contributed by atoms with E-state index in [-0.39, 0.29) is 42.7 Å². The van der Waals surface area contributed by atoms with Gasteiger partial charge in [-0.25, -0.2) is 4.79 Å². The molecule has 0 aromatic carbocycles. The molecule has 0 saturated carbocycles. The van der Waals surface area contributed by atoms with Crippen molar-refractivity contribution in [3.05, 3.63) is 12.2 Å². The number of rotatable bonds is 1. The smallest absolute Gasteiger partial charge is 2.00 e. The van der Waals surface area contributed by atoms with Crippen LogP contribution < -0.4 is 0 Å². The molecule has 0 spiro atoms. The summed E-state index contributed by atoms with van der Waals surface area (Å²) in [6, 6.07) is 0. The predicted molar refractivity (Wildman–Crippen MR) is 23.8 cm³/mol. The molecule has 0 aliphatic rings. The van der Waals surface area contributed by atoms with E-state index in [1.807, 2.05) is 0 Å². The molecule has 0 radical (unpaired) electrons. The van der Waals surface area contributed by atoms with Crippen molar-refractivity contribution in [3.8, 4) is 0 Å². The molecule has 0 bridgehead atoms. The van der Waals surface area contributed by atoms with Crippen LogP contribution in [0.3, 0.4) is 0 Å². The average molecular weight is 209 g/mol. The molecule has 0 atom stereocenters. The summed E-state index contributed by atoms with van der Waals surface area (Å²) in [7, 11) is 0. The van der Waals surface area contributed by atoms with E-state index in [0.717, 1.165) is 0 Å². The summed E-state index contributed by atoms with van der Waals surface area (Å²) in [6.07, 6.45) is 0. The molecule has 50 valence electrons. The van der Waals surface area contributed by atoms with Gasteiger partial charge in [-0.3, -0.25) is 0 Å². The Morgan fingerprint density at radius 1 is 1.44 bits per heavy atom. The maximum absolute atomic E-state index is 9.60. The minimum Gasteiger partial charge on any atom is -2.00 e. The molecule has 1 N–H and O–H groups in total. The first-order valence-corrected chi connectivity index (χ1v) is 1.53. The van der Waals surface area contributed by atoms with Gasteiger partial charge in [-0.05, 0) is 6.92 Å². The number of carbonyl (C=O) groups is 1. The van der Waals surface area contributed by atoms with Gasteiger partial charge in [0, 0.05) is 5.57 Å². The van der Waals surface area contributed by atoms with E-state index < -0.39 is 5.97 Å². The summed E-state index contributed by atoms with van der Waals surface area (Å²) in [6.45, 7) is 4.60. The van der Waals surface area contributed by atoms with Gasteiger partial charge in [-0.1, -0.05) is 6.58 Å². The van der Waals surface area contributed by atoms with Crippen molar-refractivity contribution >= 4 is 5.97 Å². The van der Waals surface area contributed by atoms with Crippen LogP contribution in [0.25, 0.3) is 0 Å². The summed E-state index contributed by atoms with van der Waals surface area (Å²) < 4.78 is 0. The number of aliphatic carboxylic acids is 1. The molecule has 0 aromatic rings. The van der Waals surface area contributed by atoms with Crippen LogP contribution in [0.5, 0.6) is 0 Å². The maximum atomic E-state index is 9.60. The van der Waals surface area contributed by atoms with Gasteiger partial charge in [0.05, 0.1) is 0 Å². The molecule has 9 heavy (non-hydrogen) atoms. The van der Waals surface area contributed by atoms with Crippen molar-refractivity contribution in [1.29, 1.82) is 0 Å². The van der Waals surface area contributed by atoms with Gasteiger partial charge in [0.1, 0.15) is 0 Å². The predicted octanol–water partition coefficient (Wildman–Crippen LogP) is 0.407. The average Bonchev–Trinajstić information content (AvgIpc) is 1.36. The van der Waals surface area contributed by atoms with E-state index in [1.165, 1.54) is 6.92 Å². The molecule has 0 fully saturated rings. The SMILES string of the molecule is C=C(C)C(=O)O.[O-2].[O-2].[Zr+4]. The Hall–Kier alpha value is 0.0131. The normalized spacial score (nSPS) is 5.00. The maximum Gasteiger partial charge on any atom is 4.00 e. The Morgan fingerprint density at radius 2 is 1.56 bits per heavy atom. The monoisotopic (exact) mass is 208 g/mol. The van der Waals surface area contributed by atoms with Crippen molar-refractivity contribution in [2.75, 3.05) is 0 Å². The Labute approximate surface area is 72.3 Å². The second-order valence-corrected chi connectivity index (χ2v) is 1.09. The fourth-order valence-electron chi connectivity index (χ4n) is 0.